The van der Waals surface area contributed by atoms with Crippen LogP contribution in [-0.2, 0) is 4.79 Å². The van der Waals surface area contributed by atoms with Gasteiger partial charge in [-0.2, -0.15) is 0 Å². The topological polar surface area (TPSA) is 79.5 Å². The van der Waals surface area contributed by atoms with E-state index in [1.165, 1.54) is 0 Å². The van der Waals surface area contributed by atoms with Crippen molar-refractivity contribution in [3.05, 3.63) is 54.1 Å². The molecule has 0 unspecified atom stereocenters. The fourth-order valence-electron chi connectivity index (χ4n) is 2.33. The van der Waals surface area contributed by atoms with Crippen LogP contribution < -0.4 is 20.7 Å². The Bertz CT molecular complexity index is 747. The Kier molecular flexibility index (Phi) is 7.49. The number of rotatable bonds is 9. The van der Waals surface area contributed by atoms with Gasteiger partial charge in [-0.1, -0.05) is 19.1 Å². The van der Waals surface area contributed by atoms with Crippen molar-refractivity contribution in [2.75, 3.05) is 30.3 Å². The molecule has 0 saturated carbocycles. The molecule has 0 aliphatic rings. The van der Waals surface area contributed by atoms with Crippen LogP contribution in [0, 0.1) is 0 Å². The van der Waals surface area contributed by atoms with Crippen LogP contribution in [0.5, 0.6) is 5.75 Å². The van der Waals surface area contributed by atoms with Gasteiger partial charge in [-0.05, 0) is 43.7 Å². The first-order valence-electron chi connectivity index (χ1n) is 8.77. The van der Waals surface area contributed by atoms with E-state index in [-0.39, 0.29) is 18.4 Å². The normalized spacial score (nSPS) is 10.1. The number of nitrogens with one attached hydrogen (secondary N) is 3. The summed E-state index contributed by atoms with van der Waals surface area (Å²) in [6.07, 6.45) is 0.873. The summed E-state index contributed by atoms with van der Waals surface area (Å²) in [6.45, 7) is 5.24. The third kappa shape index (κ3) is 6.12. The zero-order valence-electron chi connectivity index (χ0n) is 15.2. The number of carbonyl (C=O) groups excluding carboxylic acids is 2. The molecular formula is C20H25N3O3. The van der Waals surface area contributed by atoms with Crippen molar-refractivity contribution in [2.45, 2.75) is 20.3 Å². The summed E-state index contributed by atoms with van der Waals surface area (Å²) < 4.78 is 5.43. The minimum absolute atomic E-state index is 0.113. The van der Waals surface area contributed by atoms with Crippen molar-refractivity contribution in [1.82, 2.24) is 5.32 Å². The number of hydrogen-bond acceptors (Lipinski definition) is 4. The molecule has 0 radical (unpaired) electrons. The molecule has 0 heterocycles. The van der Waals surface area contributed by atoms with E-state index in [1.54, 1.807) is 24.3 Å². The van der Waals surface area contributed by atoms with Gasteiger partial charge < -0.3 is 20.7 Å². The maximum atomic E-state index is 12.1. The molecule has 0 bridgehead atoms. The maximum absolute atomic E-state index is 12.1. The molecule has 2 amide bonds. The van der Waals surface area contributed by atoms with Crippen LogP contribution in [0.15, 0.2) is 48.5 Å². The number of hydrogen-bond donors (Lipinski definition) is 3. The van der Waals surface area contributed by atoms with Gasteiger partial charge in [0, 0.05) is 29.5 Å². The lowest BCUT2D eigenvalue weighted by molar-refractivity contribution is -0.114. The maximum Gasteiger partial charge on any atom is 0.251 e. The van der Waals surface area contributed by atoms with Gasteiger partial charge in [0.05, 0.1) is 13.2 Å². The van der Waals surface area contributed by atoms with Crippen molar-refractivity contribution in [1.29, 1.82) is 0 Å². The molecule has 0 atom stereocenters. The fraction of sp³-hybridized carbons (Fsp3) is 0.300. The first-order valence-corrected chi connectivity index (χ1v) is 8.77. The third-order valence-electron chi connectivity index (χ3n) is 3.54. The van der Waals surface area contributed by atoms with Gasteiger partial charge in [-0.15, -0.1) is 0 Å². The van der Waals surface area contributed by atoms with Crippen LogP contribution in [0.1, 0.15) is 30.6 Å². The summed E-state index contributed by atoms with van der Waals surface area (Å²) in [4.78, 5) is 24.1. The number of amides is 2. The molecule has 0 spiro atoms. The van der Waals surface area contributed by atoms with Gasteiger partial charge in [-0.25, -0.2) is 0 Å². The second kappa shape index (κ2) is 10.1. The molecule has 2 aromatic rings. The quantitative estimate of drug-likeness (QED) is 0.645. The Balaban J connectivity index is 1.89. The Morgan fingerprint density at radius 2 is 1.77 bits per heavy atom. The summed E-state index contributed by atoms with van der Waals surface area (Å²) in [5.41, 5.74) is 1.91. The number of carbonyl (C=O) groups is 2. The van der Waals surface area contributed by atoms with Gasteiger partial charge in [0.1, 0.15) is 5.75 Å². The van der Waals surface area contributed by atoms with Crippen LogP contribution in [0.3, 0.4) is 0 Å². The molecule has 0 aliphatic carbocycles. The highest BCUT2D eigenvalue weighted by Gasteiger charge is 2.07. The Labute approximate surface area is 153 Å². The SMILES string of the molecule is CCCNC(=O)c1cccc(NC(=O)CNc2cccc(OCC)c2)c1. The van der Waals surface area contributed by atoms with Crippen LogP contribution in [0.25, 0.3) is 0 Å². The lowest BCUT2D eigenvalue weighted by atomic mass is 10.2. The predicted octanol–water partition coefficient (Wildman–Crippen LogP) is 3.28. The summed E-state index contributed by atoms with van der Waals surface area (Å²) >= 11 is 0. The largest absolute Gasteiger partial charge is 0.494 e. The lowest BCUT2D eigenvalue weighted by Crippen LogP contribution is -2.24. The molecule has 6 nitrogen and oxygen atoms in total. The van der Waals surface area contributed by atoms with E-state index >= 15 is 0 Å². The van der Waals surface area contributed by atoms with Gasteiger partial charge in [0.15, 0.2) is 0 Å². The predicted molar refractivity (Wildman–Crippen MR) is 104 cm³/mol. The standard InChI is InChI=1S/C20H25N3O3/c1-3-11-21-20(25)15-7-5-9-17(12-15)23-19(24)14-22-16-8-6-10-18(13-16)26-4-2/h5-10,12-13,22H,3-4,11,14H2,1-2H3,(H,21,25)(H,23,24). The zero-order chi connectivity index (χ0) is 18.8. The first-order chi connectivity index (χ1) is 12.6. The molecule has 0 fully saturated rings. The Morgan fingerprint density at radius 3 is 2.54 bits per heavy atom. The summed E-state index contributed by atoms with van der Waals surface area (Å²) in [7, 11) is 0. The second-order valence-corrected chi connectivity index (χ2v) is 5.70. The van der Waals surface area contributed by atoms with E-state index in [2.05, 4.69) is 16.0 Å². The van der Waals surface area contributed by atoms with Crippen molar-refractivity contribution in [2.24, 2.45) is 0 Å². The van der Waals surface area contributed by atoms with E-state index in [4.69, 9.17) is 4.74 Å². The fourth-order valence-corrected chi connectivity index (χ4v) is 2.33. The van der Waals surface area contributed by atoms with E-state index in [9.17, 15) is 9.59 Å². The minimum atomic E-state index is -0.196. The summed E-state index contributed by atoms with van der Waals surface area (Å²) in [5, 5.41) is 8.66. The highest BCUT2D eigenvalue weighted by Crippen LogP contribution is 2.17. The molecule has 3 N–H and O–H groups in total. The van der Waals surface area contributed by atoms with Crippen molar-refractivity contribution < 1.29 is 14.3 Å². The summed E-state index contributed by atoms with van der Waals surface area (Å²) in [6, 6.07) is 14.3. The molecule has 0 saturated heterocycles. The van der Waals surface area contributed by atoms with Crippen LogP contribution in [-0.4, -0.2) is 31.5 Å². The average Bonchev–Trinajstić information content (AvgIpc) is 2.65. The van der Waals surface area contributed by atoms with Crippen LogP contribution >= 0.6 is 0 Å². The molecule has 26 heavy (non-hydrogen) atoms. The van der Waals surface area contributed by atoms with Crippen LogP contribution in [0.4, 0.5) is 11.4 Å². The molecule has 6 heteroatoms. The molecule has 138 valence electrons. The monoisotopic (exact) mass is 355 g/mol. The van der Waals surface area contributed by atoms with Gasteiger partial charge in [0.25, 0.3) is 5.91 Å². The molecular weight excluding hydrogens is 330 g/mol. The highest BCUT2D eigenvalue weighted by atomic mass is 16.5. The molecule has 2 rings (SSSR count). The third-order valence-corrected chi connectivity index (χ3v) is 3.54. The van der Waals surface area contributed by atoms with Gasteiger partial charge in [-0.3, -0.25) is 9.59 Å². The zero-order valence-corrected chi connectivity index (χ0v) is 15.2. The smallest absolute Gasteiger partial charge is 0.251 e. The molecule has 0 aromatic heterocycles. The van der Waals surface area contributed by atoms with Gasteiger partial charge in [0.2, 0.25) is 5.91 Å². The van der Waals surface area contributed by atoms with Crippen LogP contribution in [0.2, 0.25) is 0 Å². The minimum Gasteiger partial charge on any atom is -0.494 e. The average molecular weight is 355 g/mol. The Morgan fingerprint density at radius 1 is 1.00 bits per heavy atom. The van der Waals surface area contributed by atoms with Crippen molar-refractivity contribution >= 4 is 23.2 Å². The lowest BCUT2D eigenvalue weighted by Gasteiger charge is -2.10. The van der Waals surface area contributed by atoms with Crippen molar-refractivity contribution in [3.63, 3.8) is 0 Å². The highest BCUT2D eigenvalue weighted by molar-refractivity contribution is 5.98. The van der Waals surface area contributed by atoms with Gasteiger partial charge >= 0.3 is 0 Å². The molecule has 2 aromatic carbocycles. The number of anilines is 2. The van der Waals surface area contributed by atoms with E-state index < -0.39 is 0 Å². The summed E-state index contributed by atoms with van der Waals surface area (Å²) in [5.74, 6) is 0.412. The van der Waals surface area contributed by atoms with E-state index in [1.807, 2.05) is 38.1 Å². The van der Waals surface area contributed by atoms with E-state index in [0.717, 1.165) is 17.9 Å². The second-order valence-electron chi connectivity index (χ2n) is 5.70. The number of ether oxygens (including phenoxy) is 1. The number of benzene rings is 2. The van der Waals surface area contributed by atoms with E-state index in [0.29, 0.717) is 24.4 Å². The Hall–Kier alpha value is -3.02. The molecule has 0 aliphatic heterocycles. The first kappa shape index (κ1) is 19.3. The van der Waals surface area contributed by atoms with Crippen molar-refractivity contribution in [3.8, 4) is 5.75 Å².